The van der Waals surface area contributed by atoms with Crippen LogP contribution in [-0.2, 0) is 0 Å². The average molecular weight is 1850 g/mol. The van der Waals surface area contributed by atoms with E-state index < -0.39 is 0 Å². The van der Waals surface area contributed by atoms with Gasteiger partial charge in [0.05, 0.1) is 0 Å². The lowest BCUT2D eigenvalue weighted by Gasteiger charge is -2.15. The van der Waals surface area contributed by atoms with E-state index >= 15 is 0 Å². The predicted octanol–water partition coefficient (Wildman–Crippen LogP) is 40.3. The second-order valence-corrected chi connectivity index (χ2v) is 36.5. The molecule has 144 heavy (non-hydrogen) atoms. The fourth-order valence-electron chi connectivity index (χ4n) is 18.9. The predicted molar refractivity (Wildman–Crippen MR) is 619 cm³/mol. The lowest BCUT2D eigenvalue weighted by Crippen LogP contribution is -1.89. The standard InChI is InChI=1S/5C25H20.C19H16/c1-19-10-9-13-21(18-19)23-15-6-8-17-25(23)24-16-7-5-14-22(24)20-11-3-2-4-12-20;1-19-15-17-21(18-16-19)23-12-6-8-14-25(23)24-13-7-5-11-22(24)20-9-3-2-4-10-20;1-19-9-7-13-22(17-19)24-15-5-6-16-25(24)23-14-8-12-21(18-23)20-10-3-2-4-11-20;1-19-10-5-6-15-23(19)21-13-9-14-22(18-21)25-17-8-7-16-24(25)20-11-3-2-4-12-20;1-19-14-16-21(17-15-19)24-12-5-6-13-25(24)23-11-7-10-22(18-23)20-8-3-2-4-9-20;1-15-12-18(16-8-4-2-5-9-16)14-19(13-15)17-10-6-3-7-11-17/h5*2-18H,1H3;2-14H,1H3. The lowest BCUT2D eigenvalue weighted by atomic mass is 9.89. The third-order valence-corrected chi connectivity index (χ3v) is 26.2. The van der Waals surface area contributed by atoms with Crippen molar-refractivity contribution >= 4 is 0 Å². The molecule has 692 valence electrons. The van der Waals surface area contributed by atoms with Crippen molar-refractivity contribution in [2.75, 3.05) is 0 Å². The highest BCUT2D eigenvalue weighted by atomic mass is 14.2. The van der Waals surface area contributed by atoms with Gasteiger partial charge in [-0.25, -0.2) is 0 Å². The summed E-state index contributed by atoms with van der Waals surface area (Å²) in [6, 6.07) is 211. The minimum atomic E-state index is 1.25. The van der Waals surface area contributed by atoms with Gasteiger partial charge >= 0.3 is 0 Å². The Morgan fingerprint density at radius 1 is 0.0764 bits per heavy atom. The number of rotatable bonds is 17. The maximum atomic E-state index is 2.30. The van der Waals surface area contributed by atoms with E-state index in [1.54, 1.807) is 0 Å². The number of aryl methyl sites for hydroxylation is 6. The first-order chi connectivity index (χ1) is 70.9. The molecule has 0 fully saturated rings. The summed E-state index contributed by atoms with van der Waals surface area (Å²) in [6.07, 6.45) is 0. The van der Waals surface area contributed by atoms with Gasteiger partial charge in [-0.15, -0.1) is 0 Å². The molecule has 23 aromatic rings. The Bertz CT molecular complexity index is 8040. The summed E-state index contributed by atoms with van der Waals surface area (Å²) >= 11 is 0. The average Bonchev–Trinajstić information content (AvgIpc) is 0.802. The van der Waals surface area contributed by atoms with Crippen molar-refractivity contribution in [3.63, 3.8) is 0 Å². The SMILES string of the molecule is Cc1cc(-c2ccccc2)cc(-c2ccccc2)c1.Cc1ccc(-c2ccccc2-c2cccc(-c3ccccc3)c2)cc1.Cc1ccc(-c2ccccc2-c2ccccc2-c2ccccc2)cc1.Cc1cccc(-c2ccccc2-c2cccc(-c3ccccc3)c2)c1.Cc1cccc(-c2ccccc2-c2ccccc2-c2ccccc2)c1.Cc1ccccc1-c1cccc(-c2ccccc2-c2ccccc2)c1. The molecule has 0 atom stereocenters. The summed E-state index contributed by atoms with van der Waals surface area (Å²) < 4.78 is 0. The monoisotopic (exact) mass is 1840 g/mol. The minimum Gasteiger partial charge on any atom is -0.0622 e. The van der Waals surface area contributed by atoms with Crippen molar-refractivity contribution in [2.24, 2.45) is 0 Å². The fraction of sp³-hybridized carbons (Fsp3) is 0.0417. The maximum absolute atomic E-state index is 2.30. The van der Waals surface area contributed by atoms with Gasteiger partial charge < -0.3 is 0 Å². The van der Waals surface area contributed by atoms with Gasteiger partial charge in [-0.3, -0.25) is 0 Å². The van der Waals surface area contributed by atoms with Gasteiger partial charge in [-0.2, -0.15) is 0 Å². The van der Waals surface area contributed by atoms with Crippen molar-refractivity contribution in [3.8, 4) is 189 Å². The Morgan fingerprint density at radius 2 is 0.236 bits per heavy atom. The molecule has 0 bridgehead atoms. The van der Waals surface area contributed by atoms with E-state index in [9.17, 15) is 0 Å². The summed E-state index contributed by atoms with van der Waals surface area (Å²) in [6.45, 7) is 12.9. The largest absolute Gasteiger partial charge is 0.0622 e. The maximum Gasteiger partial charge on any atom is -0.00992 e. The van der Waals surface area contributed by atoms with Gasteiger partial charge in [-0.1, -0.05) is 592 Å². The molecule has 0 spiro atoms. The Morgan fingerprint density at radius 3 is 0.507 bits per heavy atom. The van der Waals surface area contributed by atoms with E-state index in [2.05, 4.69) is 636 Å². The van der Waals surface area contributed by atoms with Crippen LogP contribution in [-0.4, -0.2) is 0 Å². The molecule has 0 unspecified atom stereocenters. The number of benzene rings is 23. The molecule has 0 aromatic heterocycles. The van der Waals surface area contributed by atoms with Crippen molar-refractivity contribution < 1.29 is 0 Å². The van der Waals surface area contributed by atoms with Gasteiger partial charge in [0.1, 0.15) is 0 Å². The normalized spacial score (nSPS) is 10.6. The van der Waals surface area contributed by atoms with Crippen molar-refractivity contribution in [2.45, 2.75) is 41.5 Å². The Balaban J connectivity index is 0.000000114. The van der Waals surface area contributed by atoms with Crippen molar-refractivity contribution in [1.82, 2.24) is 0 Å². The van der Waals surface area contributed by atoms with Crippen molar-refractivity contribution in [3.05, 3.63) is 628 Å². The molecule has 0 nitrogen and oxygen atoms in total. The first-order valence-corrected chi connectivity index (χ1v) is 49.7. The third-order valence-electron chi connectivity index (χ3n) is 26.2. The first-order valence-electron chi connectivity index (χ1n) is 49.7. The van der Waals surface area contributed by atoms with E-state index in [-0.39, 0.29) is 0 Å². The summed E-state index contributed by atoms with van der Waals surface area (Å²) in [5.41, 5.74) is 50.7. The van der Waals surface area contributed by atoms with Crippen LogP contribution in [0.3, 0.4) is 0 Å². The highest BCUT2D eigenvalue weighted by Gasteiger charge is 2.18. The molecule has 0 heteroatoms. The second kappa shape index (κ2) is 48.1. The van der Waals surface area contributed by atoms with Gasteiger partial charge in [0.25, 0.3) is 0 Å². The molecule has 0 saturated carbocycles. The smallest absolute Gasteiger partial charge is 0.00992 e. The Kier molecular flexibility index (Phi) is 32.2. The quantitative estimate of drug-likeness (QED) is 0.0852. The Hall–Kier alpha value is -17.9. The van der Waals surface area contributed by atoms with Crippen LogP contribution >= 0.6 is 0 Å². The van der Waals surface area contributed by atoms with Crippen LogP contribution in [0, 0.1) is 41.5 Å². The van der Waals surface area contributed by atoms with E-state index in [4.69, 9.17) is 0 Å². The molecule has 0 aliphatic heterocycles. The lowest BCUT2D eigenvalue weighted by molar-refractivity contribution is 1.46. The van der Waals surface area contributed by atoms with Gasteiger partial charge in [0.2, 0.25) is 0 Å². The number of hydrogen-bond donors (Lipinski definition) is 0. The molecule has 0 aliphatic carbocycles. The highest BCUT2D eigenvalue weighted by Crippen LogP contribution is 2.44. The molecular formula is C144H116. The topological polar surface area (TPSA) is 0 Å². The fourth-order valence-corrected chi connectivity index (χ4v) is 18.9. The summed E-state index contributed by atoms with van der Waals surface area (Å²) in [5.74, 6) is 0. The van der Waals surface area contributed by atoms with E-state index in [0.29, 0.717) is 0 Å². The molecule has 0 N–H and O–H groups in total. The third kappa shape index (κ3) is 24.7. The van der Waals surface area contributed by atoms with Gasteiger partial charge in [0, 0.05) is 0 Å². The molecule has 23 rings (SSSR count). The van der Waals surface area contributed by atoms with E-state index in [0.717, 1.165) is 0 Å². The molecule has 23 aromatic carbocycles. The van der Waals surface area contributed by atoms with Crippen LogP contribution in [0.25, 0.3) is 189 Å². The van der Waals surface area contributed by atoms with Crippen LogP contribution in [0.4, 0.5) is 0 Å². The van der Waals surface area contributed by atoms with Crippen LogP contribution in [0.1, 0.15) is 33.4 Å². The molecule has 0 heterocycles. The highest BCUT2D eigenvalue weighted by molar-refractivity contribution is 5.95. The van der Waals surface area contributed by atoms with E-state index in [1.165, 1.54) is 223 Å². The molecule has 0 aliphatic rings. The summed E-state index contributed by atoms with van der Waals surface area (Å²) in [4.78, 5) is 0. The summed E-state index contributed by atoms with van der Waals surface area (Å²) in [7, 11) is 0. The first kappa shape index (κ1) is 96.3. The zero-order valence-electron chi connectivity index (χ0n) is 82.6. The van der Waals surface area contributed by atoms with Crippen LogP contribution in [0.2, 0.25) is 0 Å². The van der Waals surface area contributed by atoms with Gasteiger partial charge in [0.15, 0.2) is 0 Å². The van der Waals surface area contributed by atoms with Crippen LogP contribution in [0.15, 0.2) is 595 Å². The molecular weight excluding hydrogens is 1730 g/mol. The Labute approximate surface area is 852 Å². The molecule has 0 radical (unpaired) electrons. The molecule has 0 amide bonds. The van der Waals surface area contributed by atoms with E-state index in [1.807, 2.05) is 0 Å². The summed E-state index contributed by atoms with van der Waals surface area (Å²) in [5, 5.41) is 0. The zero-order chi connectivity index (χ0) is 98.4. The zero-order valence-corrected chi connectivity index (χ0v) is 82.6. The minimum absolute atomic E-state index is 1.25. The van der Waals surface area contributed by atoms with Crippen LogP contribution < -0.4 is 0 Å². The van der Waals surface area contributed by atoms with Crippen molar-refractivity contribution in [1.29, 1.82) is 0 Å². The second-order valence-electron chi connectivity index (χ2n) is 36.5. The van der Waals surface area contributed by atoms with Crippen LogP contribution in [0.5, 0.6) is 0 Å². The van der Waals surface area contributed by atoms with Gasteiger partial charge in [-0.05, 0) is 266 Å². The molecule has 0 saturated heterocycles. The number of hydrogen-bond acceptors (Lipinski definition) is 0.